The van der Waals surface area contributed by atoms with E-state index in [2.05, 4.69) is 11.3 Å². The quantitative estimate of drug-likeness (QED) is 0.519. The molecule has 1 atom stereocenters. The molecule has 0 bridgehead atoms. The molecular weight excluding hydrogens is 168 g/mol. The molecule has 0 aliphatic carbocycles. The summed E-state index contributed by atoms with van der Waals surface area (Å²) in [6, 6.07) is 0. The first-order chi connectivity index (χ1) is 6.15. The summed E-state index contributed by atoms with van der Waals surface area (Å²) in [7, 11) is 0. The molecule has 0 heterocycles. The smallest absolute Gasteiger partial charge is 0.335 e. The average Bonchev–Trinajstić information content (AvgIpc) is 2.14. The van der Waals surface area contributed by atoms with E-state index in [0.717, 1.165) is 5.57 Å². The summed E-state index contributed by atoms with van der Waals surface area (Å²) >= 11 is 0. The number of aliphatic hydroxyl groups is 1. The van der Waals surface area contributed by atoms with Gasteiger partial charge in [-0.05, 0) is 19.4 Å². The largest absolute Gasteiger partial charge is 0.464 e. The minimum Gasteiger partial charge on any atom is -0.464 e. The number of rotatable bonds is 5. The van der Waals surface area contributed by atoms with Crippen molar-refractivity contribution in [1.29, 1.82) is 0 Å². The van der Waals surface area contributed by atoms with Gasteiger partial charge in [0.2, 0.25) is 0 Å². The van der Waals surface area contributed by atoms with Crippen molar-refractivity contribution in [2.24, 2.45) is 0 Å². The molecule has 0 aromatic rings. The lowest BCUT2D eigenvalue weighted by molar-refractivity contribution is -0.152. The summed E-state index contributed by atoms with van der Waals surface area (Å²) in [5, 5.41) is 9.32. The van der Waals surface area contributed by atoms with Crippen molar-refractivity contribution in [2.45, 2.75) is 26.4 Å². The molecule has 1 unspecified atom stereocenters. The molecule has 0 aliphatic rings. The first-order valence-electron chi connectivity index (χ1n) is 4.28. The second-order valence-electron chi connectivity index (χ2n) is 2.54. The van der Waals surface area contributed by atoms with Gasteiger partial charge in [0.15, 0.2) is 6.10 Å². The maximum atomic E-state index is 11.0. The van der Waals surface area contributed by atoms with Gasteiger partial charge in [-0.3, -0.25) is 0 Å². The van der Waals surface area contributed by atoms with E-state index in [4.69, 9.17) is 0 Å². The van der Waals surface area contributed by atoms with E-state index in [-0.39, 0.29) is 13.0 Å². The number of aliphatic hydroxyl groups excluding tert-OH is 1. The first kappa shape index (κ1) is 11.9. The molecule has 13 heavy (non-hydrogen) atoms. The maximum absolute atomic E-state index is 11.0. The normalized spacial score (nSPS) is 13.6. The topological polar surface area (TPSA) is 46.5 Å². The zero-order valence-corrected chi connectivity index (χ0v) is 8.12. The monoisotopic (exact) mass is 184 g/mol. The van der Waals surface area contributed by atoms with Gasteiger partial charge < -0.3 is 9.84 Å². The van der Waals surface area contributed by atoms with Gasteiger partial charge in [-0.1, -0.05) is 18.7 Å². The Labute approximate surface area is 78.7 Å². The van der Waals surface area contributed by atoms with E-state index >= 15 is 0 Å². The summed E-state index contributed by atoms with van der Waals surface area (Å²) in [5.41, 5.74) is 0.834. The number of ether oxygens (including phenoxy) is 1. The summed E-state index contributed by atoms with van der Waals surface area (Å²) < 4.78 is 4.64. The summed E-state index contributed by atoms with van der Waals surface area (Å²) in [5.74, 6) is -0.580. The Morgan fingerprint density at radius 3 is 2.69 bits per heavy atom. The van der Waals surface area contributed by atoms with Crippen molar-refractivity contribution < 1.29 is 14.6 Å². The molecule has 0 rings (SSSR count). The van der Waals surface area contributed by atoms with Crippen LogP contribution in [0, 0.1) is 0 Å². The van der Waals surface area contributed by atoms with Crippen LogP contribution < -0.4 is 0 Å². The van der Waals surface area contributed by atoms with Crippen molar-refractivity contribution >= 4 is 5.97 Å². The Hall–Kier alpha value is -1.09. The maximum Gasteiger partial charge on any atom is 0.335 e. The predicted octanol–water partition coefficient (Wildman–Crippen LogP) is 1.43. The van der Waals surface area contributed by atoms with Crippen molar-refractivity contribution in [1.82, 2.24) is 0 Å². The fourth-order valence-electron chi connectivity index (χ4n) is 0.864. The minimum atomic E-state index is -1.08. The van der Waals surface area contributed by atoms with E-state index in [0.29, 0.717) is 0 Å². The van der Waals surface area contributed by atoms with Crippen LogP contribution in [0.2, 0.25) is 0 Å². The van der Waals surface area contributed by atoms with Gasteiger partial charge in [0.25, 0.3) is 0 Å². The summed E-state index contributed by atoms with van der Waals surface area (Å²) in [6.07, 6.45) is 2.60. The van der Waals surface area contributed by atoms with Crippen LogP contribution >= 0.6 is 0 Å². The molecule has 3 heteroatoms. The highest BCUT2D eigenvalue weighted by Crippen LogP contribution is 2.07. The zero-order valence-electron chi connectivity index (χ0n) is 8.12. The van der Waals surface area contributed by atoms with Crippen LogP contribution in [0.1, 0.15) is 20.3 Å². The van der Waals surface area contributed by atoms with Gasteiger partial charge in [0.1, 0.15) is 0 Å². The van der Waals surface area contributed by atoms with E-state index in [1.165, 1.54) is 0 Å². The Kier molecular flexibility index (Phi) is 5.89. The third-order valence-electron chi connectivity index (χ3n) is 1.62. The summed E-state index contributed by atoms with van der Waals surface area (Å²) in [4.78, 5) is 11.0. The third kappa shape index (κ3) is 4.48. The van der Waals surface area contributed by atoms with Gasteiger partial charge in [-0.15, -0.1) is 0 Å². The fourth-order valence-corrected chi connectivity index (χ4v) is 0.864. The van der Waals surface area contributed by atoms with Crippen molar-refractivity contribution in [3.8, 4) is 0 Å². The van der Waals surface area contributed by atoms with Crippen LogP contribution in [-0.4, -0.2) is 23.8 Å². The molecule has 0 radical (unpaired) electrons. The van der Waals surface area contributed by atoms with Crippen LogP contribution in [0.3, 0.4) is 0 Å². The molecule has 0 fully saturated rings. The fraction of sp³-hybridized carbons (Fsp3) is 0.500. The molecule has 1 N–H and O–H groups in total. The standard InChI is InChI=1S/C10H16O3/c1-4-8(5-2)7-9(11)10(12)13-6-3/h4-5,9,11H,1,6-7H2,2-3H3/b8-5+. The number of hydrogen-bond donors (Lipinski definition) is 1. The molecule has 0 saturated heterocycles. The number of hydrogen-bond acceptors (Lipinski definition) is 3. The van der Waals surface area contributed by atoms with Crippen LogP contribution in [-0.2, 0) is 9.53 Å². The predicted molar refractivity (Wildman–Crippen MR) is 51.2 cm³/mol. The highest BCUT2D eigenvalue weighted by molar-refractivity contribution is 5.74. The lowest BCUT2D eigenvalue weighted by Crippen LogP contribution is -2.23. The van der Waals surface area contributed by atoms with Gasteiger partial charge >= 0.3 is 5.97 Å². The minimum absolute atomic E-state index is 0.263. The van der Waals surface area contributed by atoms with Crippen LogP contribution in [0.15, 0.2) is 24.3 Å². The third-order valence-corrected chi connectivity index (χ3v) is 1.62. The van der Waals surface area contributed by atoms with Gasteiger partial charge in [0.05, 0.1) is 6.61 Å². The second-order valence-corrected chi connectivity index (χ2v) is 2.54. The number of allylic oxidation sites excluding steroid dienone is 2. The second kappa shape index (κ2) is 6.43. The molecule has 0 amide bonds. The molecule has 3 nitrogen and oxygen atoms in total. The first-order valence-corrected chi connectivity index (χ1v) is 4.28. The molecular formula is C10H16O3. The Bertz CT molecular complexity index is 206. The molecule has 0 saturated carbocycles. The Balaban J connectivity index is 4.05. The highest BCUT2D eigenvalue weighted by Gasteiger charge is 2.16. The molecule has 0 aromatic carbocycles. The molecule has 0 aliphatic heterocycles. The molecule has 74 valence electrons. The van der Waals surface area contributed by atoms with Gasteiger partial charge in [-0.2, -0.15) is 0 Å². The lowest BCUT2D eigenvalue weighted by atomic mass is 10.1. The van der Waals surface area contributed by atoms with Crippen molar-refractivity contribution in [3.63, 3.8) is 0 Å². The zero-order chi connectivity index (χ0) is 10.3. The number of esters is 1. The van der Waals surface area contributed by atoms with Crippen LogP contribution in [0.5, 0.6) is 0 Å². The van der Waals surface area contributed by atoms with Crippen molar-refractivity contribution in [3.05, 3.63) is 24.3 Å². The number of carbonyl (C=O) groups excluding carboxylic acids is 1. The summed E-state index contributed by atoms with van der Waals surface area (Å²) in [6.45, 7) is 7.38. The van der Waals surface area contributed by atoms with Crippen molar-refractivity contribution in [2.75, 3.05) is 6.61 Å². The Morgan fingerprint density at radius 1 is 1.69 bits per heavy atom. The average molecular weight is 184 g/mol. The van der Waals surface area contributed by atoms with Crippen LogP contribution in [0.4, 0.5) is 0 Å². The molecule has 0 aromatic heterocycles. The molecule has 0 spiro atoms. The van der Waals surface area contributed by atoms with Crippen LogP contribution in [0.25, 0.3) is 0 Å². The lowest BCUT2D eigenvalue weighted by Gasteiger charge is -2.09. The SMILES string of the molecule is C=C/C(=C\C)CC(O)C(=O)OCC. The van der Waals surface area contributed by atoms with Gasteiger partial charge in [0, 0.05) is 6.42 Å². The van der Waals surface area contributed by atoms with E-state index in [1.807, 2.05) is 6.92 Å². The van der Waals surface area contributed by atoms with E-state index < -0.39 is 12.1 Å². The van der Waals surface area contributed by atoms with Gasteiger partial charge in [-0.25, -0.2) is 4.79 Å². The van der Waals surface area contributed by atoms with E-state index in [9.17, 15) is 9.90 Å². The Morgan fingerprint density at radius 2 is 2.31 bits per heavy atom. The highest BCUT2D eigenvalue weighted by atomic mass is 16.5. The number of carbonyl (C=O) groups is 1. The van der Waals surface area contributed by atoms with E-state index in [1.54, 1.807) is 19.1 Å².